The second-order valence-electron chi connectivity index (χ2n) is 4.25. The lowest BCUT2D eigenvalue weighted by Crippen LogP contribution is -2.26. The van der Waals surface area contributed by atoms with Gasteiger partial charge >= 0.3 is 0 Å². The molecular weight excluding hydrogens is 186 g/mol. The van der Waals surface area contributed by atoms with Crippen LogP contribution in [-0.2, 0) is 6.54 Å². The van der Waals surface area contributed by atoms with Crippen molar-refractivity contribution in [3.05, 3.63) is 24.0 Å². The van der Waals surface area contributed by atoms with Gasteiger partial charge in [0.25, 0.3) is 0 Å². The Labute approximate surface area is 91.5 Å². The number of anilines is 1. The number of rotatable bonds is 3. The summed E-state index contributed by atoms with van der Waals surface area (Å²) in [7, 11) is 1.94. The maximum absolute atomic E-state index is 4.40. The summed E-state index contributed by atoms with van der Waals surface area (Å²) in [6, 6.07) is 4.84. The van der Waals surface area contributed by atoms with Gasteiger partial charge in [-0.25, -0.2) is 0 Å². The minimum atomic E-state index is 0.713. The van der Waals surface area contributed by atoms with Gasteiger partial charge in [-0.2, -0.15) is 0 Å². The molecule has 0 amide bonds. The standard InChI is InChI=1S/C12H19N3/c1-10-4-3-7-15(10)9-12-8-11(13-2)5-6-14-12/h5-6,8,10H,3-4,7,9H2,1-2H3,(H,13,14). The summed E-state index contributed by atoms with van der Waals surface area (Å²) in [4.78, 5) is 6.91. The Hall–Kier alpha value is -1.09. The van der Waals surface area contributed by atoms with Crippen LogP contribution in [0.5, 0.6) is 0 Å². The molecule has 3 heteroatoms. The number of pyridine rings is 1. The van der Waals surface area contributed by atoms with Crippen molar-refractivity contribution in [3.63, 3.8) is 0 Å². The van der Waals surface area contributed by atoms with Gasteiger partial charge < -0.3 is 5.32 Å². The highest BCUT2D eigenvalue weighted by Crippen LogP contribution is 2.19. The molecule has 0 aromatic carbocycles. The molecule has 15 heavy (non-hydrogen) atoms. The summed E-state index contributed by atoms with van der Waals surface area (Å²) in [6.45, 7) is 4.50. The summed E-state index contributed by atoms with van der Waals surface area (Å²) in [6.07, 6.45) is 4.53. The van der Waals surface area contributed by atoms with Crippen molar-refractivity contribution < 1.29 is 0 Å². The highest BCUT2D eigenvalue weighted by Gasteiger charge is 2.20. The summed E-state index contributed by atoms with van der Waals surface area (Å²) in [5.41, 5.74) is 2.31. The molecule has 2 rings (SSSR count). The van der Waals surface area contributed by atoms with E-state index in [1.165, 1.54) is 19.4 Å². The predicted molar refractivity (Wildman–Crippen MR) is 62.9 cm³/mol. The zero-order valence-corrected chi connectivity index (χ0v) is 9.53. The van der Waals surface area contributed by atoms with E-state index in [1.807, 2.05) is 19.3 Å². The van der Waals surface area contributed by atoms with E-state index in [0.29, 0.717) is 6.04 Å². The van der Waals surface area contributed by atoms with Gasteiger partial charge in [-0.3, -0.25) is 9.88 Å². The normalized spacial score (nSPS) is 21.9. The Kier molecular flexibility index (Phi) is 3.21. The van der Waals surface area contributed by atoms with Crippen molar-refractivity contribution in [2.75, 3.05) is 18.9 Å². The molecule has 0 spiro atoms. The predicted octanol–water partition coefficient (Wildman–Crippen LogP) is 2.11. The van der Waals surface area contributed by atoms with Crippen LogP contribution in [0.3, 0.4) is 0 Å². The van der Waals surface area contributed by atoms with Crippen molar-refractivity contribution in [3.8, 4) is 0 Å². The molecule has 82 valence electrons. The fraction of sp³-hybridized carbons (Fsp3) is 0.583. The third kappa shape index (κ3) is 2.48. The Morgan fingerprint density at radius 2 is 2.47 bits per heavy atom. The number of likely N-dealkylation sites (tertiary alicyclic amines) is 1. The minimum Gasteiger partial charge on any atom is -0.388 e. The van der Waals surface area contributed by atoms with Crippen LogP contribution in [0.15, 0.2) is 18.3 Å². The second-order valence-corrected chi connectivity index (χ2v) is 4.25. The van der Waals surface area contributed by atoms with E-state index in [-0.39, 0.29) is 0 Å². The van der Waals surface area contributed by atoms with Crippen LogP contribution in [0.2, 0.25) is 0 Å². The average Bonchev–Trinajstić information content (AvgIpc) is 2.65. The highest BCUT2D eigenvalue weighted by atomic mass is 15.2. The molecule has 1 aliphatic rings. The number of hydrogen-bond acceptors (Lipinski definition) is 3. The molecule has 1 aliphatic heterocycles. The monoisotopic (exact) mass is 205 g/mol. The number of nitrogens with one attached hydrogen (secondary N) is 1. The lowest BCUT2D eigenvalue weighted by Gasteiger charge is -2.20. The van der Waals surface area contributed by atoms with E-state index in [4.69, 9.17) is 0 Å². The number of aromatic nitrogens is 1. The maximum atomic E-state index is 4.40. The quantitative estimate of drug-likeness (QED) is 0.819. The topological polar surface area (TPSA) is 28.2 Å². The average molecular weight is 205 g/mol. The van der Waals surface area contributed by atoms with Crippen molar-refractivity contribution in [2.24, 2.45) is 0 Å². The van der Waals surface area contributed by atoms with Crippen LogP contribution >= 0.6 is 0 Å². The molecule has 1 aromatic rings. The maximum Gasteiger partial charge on any atom is 0.0564 e. The first-order chi connectivity index (χ1) is 7.29. The summed E-state index contributed by atoms with van der Waals surface area (Å²) < 4.78 is 0. The van der Waals surface area contributed by atoms with Gasteiger partial charge in [0.1, 0.15) is 0 Å². The van der Waals surface area contributed by atoms with Crippen molar-refractivity contribution in [1.29, 1.82) is 0 Å². The minimum absolute atomic E-state index is 0.713. The van der Waals surface area contributed by atoms with E-state index >= 15 is 0 Å². The van der Waals surface area contributed by atoms with Crippen LogP contribution < -0.4 is 5.32 Å². The SMILES string of the molecule is CNc1ccnc(CN2CCCC2C)c1. The van der Waals surface area contributed by atoms with Gasteiger partial charge in [-0.15, -0.1) is 0 Å². The molecule has 1 atom stereocenters. The van der Waals surface area contributed by atoms with E-state index < -0.39 is 0 Å². The fourth-order valence-electron chi connectivity index (χ4n) is 2.16. The zero-order valence-electron chi connectivity index (χ0n) is 9.53. The second kappa shape index (κ2) is 4.62. The molecule has 1 N–H and O–H groups in total. The van der Waals surface area contributed by atoms with E-state index in [0.717, 1.165) is 17.9 Å². The molecular formula is C12H19N3. The Morgan fingerprint density at radius 3 is 3.13 bits per heavy atom. The molecule has 2 heterocycles. The van der Waals surface area contributed by atoms with Crippen LogP contribution in [0, 0.1) is 0 Å². The molecule has 1 aromatic heterocycles. The Morgan fingerprint density at radius 1 is 1.60 bits per heavy atom. The molecule has 1 fully saturated rings. The van der Waals surface area contributed by atoms with Crippen molar-refractivity contribution in [1.82, 2.24) is 9.88 Å². The van der Waals surface area contributed by atoms with Crippen LogP contribution in [0.4, 0.5) is 5.69 Å². The van der Waals surface area contributed by atoms with E-state index in [2.05, 4.69) is 28.2 Å². The van der Waals surface area contributed by atoms with E-state index in [9.17, 15) is 0 Å². The summed E-state index contributed by atoms with van der Waals surface area (Å²) in [5.74, 6) is 0. The van der Waals surface area contributed by atoms with Crippen LogP contribution in [0.1, 0.15) is 25.5 Å². The Balaban J connectivity index is 2.03. The van der Waals surface area contributed by atoms with Crippen molar-refractivity contribution >= 4 is 5.69 Å². The summed E-state index contributed by atoms with van der Waals surface area (Å²) in [5, 5.41) is 3.14. The summed E-state index contributed by atoms with van der Waals surface area (Å²) >= 11 is 0. The van der Waals surface area contributed by atoms with Gasteiger partial charge in [0, 0.05) is 31.5 Å². The molecule has 0 aliphatic carbocycles. The van der Waals surface area contributed by atoms with Crippen LogP contribution in [0.25, 0.3) is 0 Å². The fourth-order valence-corrected chi connectivity index (χ4v) is 2.16. The lowest BCUT2D eigenvalue weighted by atomic mass is 10.2. The van der Waals surface area contributed by atoms with Gasteiger partial charge in [-0.1, -0.05) is 0 Å². The van der Waals surface area contributed by atoms with Gasteiger partial charge in [0.15, 0.2) is 0 Å². The third-order valence-corrected chi connectivity index (χ3v) is 3.16. The first-order valence-electron chi connectivity index (χ1n) is 5.66. The smallest absolute Gasteiger partial charge is 0.0564 e. The third-order valence-electron chi connectivity index (χ3n) is 3.16. The van der Waals surface area contributed by atoms with Gasteiger partial charge in [0.2, 0.25) is 0 Å². The molecule has 1 saturated heterocycles. The molecule has 0 bridgehead atoms. The Bertz CT molecular complexity index is 324. The van der Waals surface area contributed by atoms with E-state index in [1.54, 1.807) is 0 Å². The molecule has 0 radical (unpaired) electrons. The molecule has 3 nitrogen and oxygen atoms in total. The van der Waals surface area contributed by atoms with Gasteiger partial charge in [-0.05, 0) is 38.4 Å². The molecule has 0 saturated carbocycles. The largest absolute Gasteiger partial charge is 0.388 e. The lowest BCUT2D eigenvalue weighted by molar-refractivity contribution is 0.257. The number of hydrogen-bond donors (Lipinski definition) is 1. The first-order valence-corrected chi connectivity index (χ1v) is 5.66. The van der Waals surface area contributed by atoms with Crippen LogP contribution in [-0.4, -0.2) is 29.5 Å². The highest BCUT2D eigenvalue weighted by molar-refractivity contribution is 5.42. The number of nitrogens with zero attached hydrogens (tertiary/aromatic N) is 2. The zero-order chi connectivity index (χ0) is 10.7. The first kappa shape index (κ1) is 10.4. The van der Waals surface area contributed by atoms with Gasteiger partial charge in [0.05, 0.1) is 5.69 Å². The van der Waals surface area contributed by atoms with Crippen molar-refractivity contribution in [2.45, 2.75) is 32.4 Å². The molecule has 1 unspecified atom stereocenters.